The Balaban J connectivity index is 1.65. The number of nitrogens with one attached hydrogen (secondary N) is 1. The van der Waals surface area contributed by atoms with Crippen LogP contribution in [0.4, 0.5) is 8.78 Å². The first-order valence-electron chi connectivity index (χ1n) is 9.22. The van der Waals surface area contributed by atoms with Crippen molar-refractivity contribution in [1.29, 1.82) is 0 Å². The van der Waals surface area contributed by atoms with Crippen molar-refractivity contribution in [3.05, 3.63) is 71.3 Å². The number of piperazine rings is 1. The van der Waals surface area contributed by atoms with Crippen molar-refractivity contribution < 1.29 is 18.7 Å². The van der Waals surface area contributed by atoms with Crippen molar-refractivity contribution in [2.24, 2.45) is 0 Å². The zero-order chi connectivity index (χ0) is 19.2. The van der Waals surface area contributed by atoms with Crippen LogP contribution in [-0.2, 0) is 4.79 Å². The van der Waals surface area contributed by atoms with Gasteiger partial charge in [-0.1, -0.05) is 24.3 Å². The summed E-state index contributed by atoms with van der Waals surface area (Å²) in [5.41, 5.74) is 1.98. The number of rotatable bonds is 7. The second-order valence-electron chi connectivity index (χ2n) is 6.94. The summed E-state index contributed by atoms with van der Waals surface area (Å²) in [5, 5.41) is 12.2. The minimum atomic E-state index is -0.824. The molecule has 144 valence electrons. The first-order valence-corrected chi connectivity index (χ1v) is 9.22. The van der Waals surface area contributed by atoms with E-state index in [4.69, 9.17) is 5.11 Å². The van der Waals surface area contributed by atoms with E-state index >= 15 is 0 Å². The van der Waals surface area contributed by atoms with Gasteiger partial charge in [-0.2, -0.15) is 0 Å². The molecule has 1 unspecified atom stereocenters. The smallest absolute Gasteiger partial charge is 0.322 e. The van der Waals surface area contributed by atoms with Crippen LogP contribution in [0.3, 0.4) is 0 Å². The van der Waals surface area contributed by atoms with Gasteiger partial charge in [0.15, 0.2) is 0 Å². The molecule has 1 aliphatic rings. The van der Waals surface area contributed by atoms with Crippen LogP contribution in [0.25, 0.3) is 0 Å². The van der Waals surface area contributed by atoms with E-state index < -0.39 is 12.0 Å². The van der Waals surface area contributed by atoms with Gasteiger partial charge in [0, 0.05) is 25.6 Å². The second kappa shape index (κ2) is 9.06. The summed E-state index contributed by atoms with van der Waals surface area (Å²) in [6.45, 7) is 2.77. The summed E-state index contributed by atoms with van der Waals surface area (Å²) in [6.07, 6.45) is 1.69. The Labute approximate surface area is 157 Å². The maximum atomic E-state index is 13.3. The van der Waals surface area contributed by atoms with E-state index in [0.29, 0.717) is 13.1 Å². The number of benzene rings is 2. The van der Waals surface area contributed by atoms with Gasteiger partial charge in [0.1, 0.15) is 17.7 Å². The second-order valence-corrected chi connectivity index (χ2v) is 6.94. The van der Waals surface area contributed by atoms with Crippen LogP contribution in [0.2, 0.25) is 0 Å². The molecule has 27 heavy (non-hydrogen) atoms. The minimum Gasteiger partial charge on any atom is -0.480 e. The van der Waals surface area contributed by atoms with Crippen LogP contribution in [-0.4, -0.2) is 48.2 Å². The number of carboxylic acid groups (broad SMARTS) is 1. The van der Waals surface area contributed by atoms with Crippen molar-refractivity contribution in [1.82, 2.24) is 10.2 Å². The highest BCUT2D eigenvalue weighted by molar-refractivity contribution is 5.73. The Morgan fingerprint density at radius 3 is 2.15 bits per heavy atom. The topological polar surface area (TPSA) is 52.6 Å². The van der Waals surface area contributed by atoms with E-state index in [1.54, 1.807) is 24.3 Å². The number of aliphatic carboxylic acids is 1. The van der Waals surface area contributed by atoms with Gasteiger partial charge >= 0.3 is 5.97 Å². The normalized spacial score (nSPS) is 18.0. The first kappa shape index (κ1) is 19.5. The molecule has 0 amide bonds. The molecule has 0 spiro atoms. The Morgan fingerprint density at radius 1 is 1.07 bits per heavy atom. The van der Waals surface area contributed by atoms with Gasteiger partial charge in [-0.05, 0) is 54.8 Å². The molecule has 1 saturated heterocycles. The summed E-state index contributed by atoms with van der Waals surface area (Å²) in [7, 11) is 0. The van der Waals surface area contributed by atoms with Crippen LogP contribution in [0.1, 0.15) is 29.9 Å². The van der Waals surface area contributed by atoms with Crippen molar-refractivity contribution in [2.75, 3.05) is 26.2 Å². The molecule has 6 heteroatoms. The molecular weight excluding hydrogens is 350 g/mol. The first-order chi connectivity index (χ1) is 13.0. The minimum absolute atomic E-state index is 0.0457. The van der Waals surface area contributed by atoms with Gasteiger partial charge in [0.25, 0.3) is 0 Å². The third-order valence-corrected chi connectivity index (χ3v) is 5.07. The fourth-order valence-electron chi connectivity index (χ4n) is 3.61. The van der Waals surface area contributed by atoms with E-state index in [0.717, 1.165) is 37.1 Å². The molecule has 0 saturated carbocycles. The van der Waals surface area contributed by atoms with E-state index in [-0.39, 0.29) is 17.6 Å². The predicted octanol–water partition coefficient (Wildman–Crippen LogP) is 3.24. The molecule has 1 fully saturated rings. The van der Waals surface area contributed by atoms with E-state index in [1.165, 1.54) is 24.3 Å². The predicted molar refractivity (Wildman–Crippen MR) is 99.7 cm³/mol. The monoisotopic (exact) mass is 374 g/mol. The number of hydrogen-bond acceptors (Lipinski definition) is 3. The lowest BCUT2D eigenvalue weighted by Gasteiger charge is -2.32. The zero-order valence-corrected chi connectivity index (χ0v) is 15.1. The van der Waals surface area contributed by atoms with Crippen LogP contribution >= 0.6 is 0 Å². The Kier molecular flexibility index (Phi) is 6.53. The summed E-state index contributed by atoms with van der Waals surface area (Å²) in [5.74, 6) is -1.34. The molecule has 2 aromatic rings. The number of hydrogen-bond donors (Lipinski definition) is 2. The zero-order valence-electron chi connectivity index (χ0n) is 15.1. The van der Waals surface area contributed by atoms with Gasteiger partial charge in [-0.25, -0.2) is 8.78 Å². The molecule has 2 N–H and O–H groups in total. The molecule has 1 aliphatic heterocycles. The average Bonchev–Trinajstić information content (AvgIpc) is 2.67. The number of halogens is 2. The summed E-state index contributed by atoms with van der Waals surface area (Å²) >= 11 is 0. The average molecular weight is 374 g/mol. The third kappa shape index (κ3) is 5.34. The Bertz CT molecular complexity index is 704. The summed E-state index contributed by atoms with van der Waals surface area (Å²) < 4.78 is 26.6. The van der Waals surface area contributed by atoms with Gasteiger partial charge in [-0.3, -0.25) is 9.69 Å². The maximum absolute atomic E-state index is 13.3. The fourth-order valence-corrected chi connectivity index (χ4v) is 3.61. The van der Waals surface area contributed by atoms with Crippen LogP contribution in [0.15, 0.2) is 48.5 Å². The number of carboxylic acids is 1. The van der Waals surface area contributed by atoms with Crippen molar-refractivity contribution >= 4 is 5.97 Å². The lowest BCUT2D eigenvalue weighted by molar-refractivity contribution is -0.140. The standard InChI is InChI=1S/C21H24F2N2O2/c22-17-7-3-15(4-8-17)19(16-5-9-18(23)10-6-16)2-1-12-25-13-11-24-20(14-25)21(26)27/h3-10,19-20,24H,1-2,11-14H2,(H,26,27). The number of carbonyl (C=O) groups is 1. The fraction of sp³-hybridized carbons (Fsp3) is 0.381. The molecule has 0 aromatic heterocycles. The van der Waals surface area contributed by atoms with Gasteiger partial charge in [0.2, 0.25) is 0 Å². The molecule has 0 aliphatic carbocycles. The molecule has 4 nitrogen and oxygen atoms in total. The van der Waals surface area contributed by atoms with Gasteiger partial charge in [0.05, 0.1) is 0 Å². The molecule has 1 heterocycles. The lowest BCUT2D eigenvalue weighted by Crippen LogP contribution is -2.54. The van der Waals surface area contributed by atoms with Crippen molar-refractivity contribution in [3.63, 3.8) is 0 Å². The molecular formula is C21H24F2N2O2. The van der Waals surface area contributed by atoms with E-state index in [1.807, 2.05) is 0 Å². The molecule has 1 atom stereocenters. The van der Waals surface area contributed by atoms with Crippen LogP contribution < -0.4 is 5.32 Å². The molecule has 0 bridgehead atoms. The largest absolute Gasteiger partial charge is 0.480 e. The summed E-state index contributed by atoms with van der Waals surface area (Å²) in [4.78, 5) is 13.3. The molecule has 0 radical (unpaired) electrons. The molecule has 2 aromatic carbocycles. The van der Waals surface area contributed by atoms with E-state index in [9.17, 15) is 13.6 Å². The third-order valence-electron chi connectivity index (χ3n) is 5.07. The SMILES string of the molecule is O=C(O)C1CN(CCCC(c2ccc(F)cc2)c2ccc(F)cc2)CCN1. The lowest BCUT2D eigenvalue weighted by atomic mass is 9.87. The van der Waals surface area contributed by atoms with Crippen LogP contribution in [0, 0.1) is 11.6 Å². The highest BCUT2D eigenvalue weighted by Crippen LogP contribution is 2.29. The maximum Gasteiger partial charge on any atom is 0.322 e. The van der Waals surface area contributed by atoms with Crippen molar-refractivity contribution in [2.45, 2.75) is 24.8 Å². The quantitative estimate of drug-likeness (QED) is 0.781. The molecule has 3 rings (SSSR count). The van der Waals surface area contributed by atoms with E-state index in [2.05, 4.69) is 10.2 Å². The Morgan fingerprint density at radius 2 is 1.63 bits per heavy atom. The highest BCUT2D eigenvalue weighted by Gasteiger charge is 2.24. The van der Waals surface area contributed by atoms with Gasteiger partial charge in [-0.15, -0.1) is 0 Å². The van der Waals surface area contributed by atoms with Gasteiger partial charge < -0.3 is 10.4 Å². The van der Waals surface area contributed by atoms with Crippen LogP contribution in [0.5, 0.6) is 0 Å². The highest BCUT2D eigenvalue weighted by atomic mass is 19.1. The van der Waals surface area contributed by atoms with Crippen molar-refractivity contribution in [3.8, 4) is 0 Å². The Hall–Kier alpha value is -2.31. The number of nitrogens with zero attached hydrogens (tertiary/aromatic N) is 1. The summed E-state index contributed by atoms with van der Waals surface area (Å²) in [6, 6.07) is 12.3.